The van der Waals surface area contributed by atoms with Gasteiger partial charge in [-0.1, -0.05) is 6.07 Å². The summed E-state index contributed by atoms with van der Waals surface area (Å²) in [6, 6.07) is 13.6. The number of amides is 1. The normalized spacial score (nSPS) is 16.4. The maximum Gasteiger partial charge on any atom is 0.225 e. The molecular weight excluding hydrogens is 388 g/mol. The molecule has 27 heavy (non-hydrogen) atoms. The molecule has 1 aliphatic heterocycles. The van der Waals surface area contributed by atoms with Crippen LogP contribution in [0.5, 0.6) is 11.5 Å². The van der Waals surface area contributed by atoms with Crippen LogP contribution in [-0.2, 0) is 14.6 Å². The monoisotopic (exact) mass is 410 g/mol. The molecule has 0 spiro atoms. The van der Waals surface area contributed by atoms with Crippen LogP contribution in [0.3, 0.4) is 0 Å². The smallest absolute Gasteiger partial charge is 0.225 e. The van der Waals surface area contributed by atoms with Gasteiger partial charge in [-0.3, -0.25) is 4.79 Å². The molecule has 0 saturated carbocycles. The lowest BCUT2D eigenvalue weighted by Crippen LogP contribution is -2.27. The summed E-state index contributed by atoms with van der Waals surface area (Å²) < 4.78 is 28.9. The summed E-state index contributed by atoms with van der Waals surface area (Å²) in [5.74, 6) is 0.988. The standard InChI is InChI=1S/C19H22N2O4S.ClH/c1-26(23,24)18-6-2-5-17(13-18)25-16-9-7-14(8-10-16)21-19(22)12-15-4-3-11-20-15;/h2,5-10,13,15,20H,3-4,11-12H2,1H3,(H,21,22);1H. The lowest BCUT2D eigenvalue weighted by Gasteiger charge is -2.11. The van der Waals surface area contributed by atoms with Gasteiger partial charge in [0.05, 0.1) is 4.90 Å². The molecule has 2 aromatic rings. The van der Waals surface area contributed by atoms with Gasteiger partial charge in [-0.25, -0.2) is 8.42 Å². The largest absolute Gasteiger partial charge is 0.457 e. The second-order valence-corrected chi connectivity index (χ2v) is 8.43. The number of halogens is 1. The highest BCUT2D eigenvalue weighted by atomic mass is 35.5. The number of rotatable bonds is 6. The van der Waals surface area contributed by atoms with Gasteiger partial charge in [0.1, 0.15) is 11.5 Å². The lowest BCUT2D eigenvalue weighted by molar-refractivity contribution is -0.116. The Hall–Kier alpha value is -2.09. The minimum absolute atomic E-state index is 0. The van der Waals surface area contributed by atoms with E-state index in [-0.39, 0.29) is 29.3 Å². The van der Waals surface area contributed by atoms with Gasteiger partial charge in [0.15, 0.2) is 9.84 Å². The van der Waals surface area contributed by atoms with Crippen LogP contribution in [0.1, 0.15) is 19.3 Å². The molecule has 8 heteroatoms. The molecule has 1 heterocycles. The van der Waals surface area contributed by atoms with E-state index >= 15 is 0 Å². The molecule has 1 atom stereocenters. The van der Waals surface area contributed by atoms with Crippen molar-refractivity contribution >= 4 is 33.8 Å². The molecular formula is C19H23ClN2O4S. The highest BCUT2D eigenvalue weighted by Crippen LogP contribution is 2.25. The Labute approximate surface area is 165 Å². The number of benzene rings is 2. The van der Waals surface area contributed by atoms with Crippen molar-refractivity contribution in [2.75, 3.05) is 18.1 Å². The molecule has 1 saturated heterocycles. The SMILES string of the molecule is CS(=O)(=O)c1cccc(Oc2ccc(NC(=O)CC3CCCN3)cc2)c1.Cl. The van der Waals surface area contributed by atoms with Crippen LogP contribution in [0.15, 0.2) is 53.4 Å². The predicted molar refractivity (Wildman–Crippen MR) is 108 cm³/mol. The van der Waals surface area contributed by atoms with Gasteiger partial charge < -0.3 is 15.4 Å². The quantitative estimate of drug-likeness (QED) is 0.762. The highest BCUT2D eigenvalue weighted by molar-refractivity contribution is 7.90. The first-order chi connectivity index (χ1) is 12.4. The molecule has 0 aromatic heterocycles. The van der Waals surface area contributed by atoms with Gasteiger partial charge >= 0.3 is 0 Å². The molecule has 146 valence electrons. The number of ether oxygens (including phenoxy) is 1. The fourth-order valence-corrected chi connectivity index (χ4v) is 3.53. The number of carbonyl (C=O) groups excluding carboxylic acids is 1. The molecule has 0 aliphatic carbocycles. The van der Waals surface area contributed by atoms with E-state index in [1.165, 1.54) is 12.1 Å². The molecule has 0 radical (unpaired) electrons. The van der Waals surface area contributed by atoms with Crippen molar-refractivity contribution in [3.8, 4) is 11.5 Å². The summed E-state index contributed by atoms with van der Waals surface area (Å²) in [6.07, 6.45) is 3.78. The van der Waals surface area contributed by atoms with Crippen molar-refractivity contribution in [1.82, 2.24) is 5.32 Å². The minimum Gasteiger partial charge on any atom is -0.457 e. The van der Waals surface area contributed by atoms with Gasteiger partial charge in [-0.05, 0) is 61.9 Å². The molecule has 2 N–H and O–H groups in total. The molecule has 0 bridgehead atoms. The molecule has 3 rings (SSSR count). The Balaban J connectivity index is 0.00000261. The zero-order valence-corrected chi connectivity index (χ0v) is 16.6. The van der Waals surface area contributed by atoms with Crippen molar-refractivity contribution in [2.45, 2.75) is 30.2 Å². The summed E-state index contributed by atoms with van der Waals surface area (Å²) >= 11 is 0. The number of anilines is 1. The fraction of sp³-hybridized carbons (Fsp3) is 0.316. The number of sulfone groups is 1. The summed E-state index contributed by atoms with van der Waals surface area (Å²) in [6.45, 7) is 0.977. The van der Waals surface area contributed by atoms with Crippen molar-refractivity contribution in [2.24, 2.45) is 0 Å². The van der Waals surface area contributed by atoms with Gasteiger partial charge in [0.25, 0.3) is 0 Å². The molecule has 2 aromatic carbocycles. The Morgan fingerprint density at radius 2 is 1.93 bits per heavy atom. The van der Waals surface area contributed by atoms with E-state index in [0.29, 0.717) is 23.6 Å². The molecule has 1 unspecified atom stereocenters. The molecule has 6 nitrogen and oxygen atoms in total. The number of hydrogen-bond donors (Lipinski definition) is 2. The van der Waals surface area contributed by atoms with Crippen molar-refractivity contribution in [3.05, 3.63) is 48.5 Å². The molecule has 1 aliphatic rings. The van der Waals surface area contributed by atoms with Crippen LogP contribution < -0.4 is 15.4 Å². The predicted octanol–water partition coefficient (Wildman–Crippen LogP) is 3.38. The topological polar surface area (TPSA) is 84.5 Å². The summed E-state index contributed by atoms with van der Waals surface area (Å²) in [4.78, 5) is 12.2. The first-order valence-corrected chi connectivity index (χ1v) is 10.4. The second kappa shape index (κ2) is 9.21. The van der Waals surface area contributed by atoms with Crippen LogP contribution >= 0.6 is 12.4 Å². The molecule has 1 amide bonds. The average Bonchev–Trinajstić information content (AvgIpc) is 3.09. The van der Waals surface area contributed by atoms with Crippen LogP contribution in [0.25, 0.3) is 0 Å². The van der Waals surface area contributed by atoms with Gasteiger partial charge in [-0.15, -0.1) is 12.4 Å². The summed E-state index contributed by atoms with van der Waals surface area (Å²) in [5, 5.41) is 6.18. The van der Waals surface area contributed by atoms with Crippen molar-refractivity contribution in [1.29, 1.82) is 0 Å². The number of hydrogen-bond acceptors (Lipinski definition) is 5. The van der Waals surface area contributed by atoms with E-state index in [9.17, 15) is 13.2 Å². The maximum absolute atomic E-state index is 12.0. The highest BCUT2D eigenvalue weighted by Gasteiger charge is 2.17. The van der Waals surface area contributed by atoms with Crippen molar-refractivity contribution in [3.63, 3.8) is 0 Å². The van der Waals surface area contributed by atoms with E-state index < -0.39 is 9.84 Å². The zero-order valence-electron chi connectivity index (χ0n) is 15.0. The van der Waals surface area contributed by atoms with Crippen LogP contribution in [-0.4, -0.2) is 33.2 Å². The van der Waals surface area contributed by atoms with Crippen LogP contribution in [0.2, 0.25) is 0 Å². The zero-order chi connectivity index (χ0) is 18.6. The van der Waals surface area contributed by atoms with Crippen LogP contribution in [0.4, 0.5) is 5.69 Å². The van der Waals surface area contributed by atoms with Crippen molar-refractivity contribution < 1.29 is 17.9 Å². The third-order valence-electron chi connectivity index (χ3n) is 4.20. The first-order valence-electron chi connectivity index (χ1n) is 8.51. The third kappa shape index (κ3) is 6.23. The minimum atomic E-state index is -3.28. The van der Waals surface area contributed by atoms with Crippen LogP contribution in [0, 0.1) is 0 Å². The Bertz CT molecular complexity index is 879. The van der Waals surface area contributed by atoms with E-state index in [2.05, 4.69) is 10.6 Å². The van der Waals surface area contributed by atoms with Gasteiger partial charge in [0, 0.05) is 24.4 Å². The fourth-order valence-electron chi connectivity index (χ4n) is 2.88. The first kappa shape index (κ1) is 21.2. The number of carbonyl (C=O) groups is 1. The summed E-state index contributed by atoms with van der Waals surface area (Å²) in [5.41, 5.74) is 0.699. The Kier molecular flexibility index (Phi) is 7.24. The maximum atomic E-state index is 12.0. The van der Waals surface area contributed by atoms with E-state index in [4.69, 9.17) is 4.74 Å². The van der Waals surface area contributed by atoms with E-state index in [1.807, 2.05) is 0 Å². The third-order valence-corrected chi connectivity index (χ3v) is 5.31. The number of nitrogens with one attached hydrogen (secondary N) is 2. The Morgan fingerprint density at radius 1 is 1.19 bits per heavy atom. The average molecular weight is 411 g/mol. The Morgan fingerprint density at radius 3 is 2.56 bits per heavy atom. The van der Waals surface area contributed by atoms with E-state index in [0.717, 1.165) is 25.6 Å². The lowest BCUT2D eigenvalue weighted by atomic mass is 10.1. The summed E-state index contributed by atoms with van der Waals surface area (Å²) in [7, 11) is -3.28. The second-order valence-electron chi connectivity index (χ2n) is 6.42. The van der Waals surface area contributed by atoms with E-state index in [1.54, 1.807) is 36.4 Å². The molecule has 1 fully saturated rings. The van der Waals surface area contributed by atoms with Gasteiger partial charge in [-0.2, -0.15) is 0 Å². The van der Waals surface area contributed by atoms with Gasteiger partial charge in [0.2, 0.25) is 5.91 Å².